The summed E-state index contributed by atoms with van der Waals surface area (Å²) >= 11 is 0. The third-order valence-electron chi connectivity index (χ3n) is 1.71. The molecule has 1 aromatic rings. The predicted octanol–water partition coefficient (Wildman–Crippen LogP) is 1.08. The van der Waals surface area contributed by atoms with E-state index in [4.69, 9.17) is 10.8 Å². The number of carbonyl (C=O) groups is 1. The van der Waals surface area contributed by atoms with Crippen LogP contribution in [0.25, 0.3) is 0 Å². The van der Waals surface area contributed by atoms with Crippen LogP contribution in [-0.4, -0.2) is 11.1 Å². The van der Waals surface area contributed by atoms with Crippen molar-refractivity contribution in [1.82, 2.24) is 0 Å². The fourth-order valence-electron chi connectivity index (χ4n) is 0.973. The third kappa shape index (κ3) is 2.34. The maximum atomic E-state index is 11.1. The van der Waals surface area contributed by atoms with E-state index in [0.717, 1.165) is 6.26 Å². The Hall–Kier alpha value is -1.81. The molecule has 0 bridgehead atoms. The third-order valence-corrected chi connectivity index (χ3v) is 1.71. The summed E-state index contributed by atoms with van der Waals surface area (Å²) in [5.41, 5.74) is 6.15. The lowest BCUT2D eigenvalue weighted by Crippen LogP contribution is -2.22. The van der Waals surface area contributed by atoms with E-state index in [2.05, 4.69) is 11.3 Å². The number of phenolic OH excluding ortho intramolecular Hbond substituents is 1. The summed E-state index contributed by atoms with van der Waals surface area (Å²) in [5, 5.41) is 9.01. The first-order valence-electron chi connectivity index (χ1n) is 4.01. The Bertz CT molecular complexity index is 332. The number of carbonyl (C=O) groups excluding carboxylic acids is 1. The van der Waals surface area contributed by atoms with Crippen LogP contribution in [0.2, 0.25) is 0 Å². The summed E-state index contributed by atoms with van der Waals surface area (Å²) in [4.78, 5) is 11.1. The molecule has 0 saturated heterocycles. The number of benzene rings is 1. The van der Waals surface area contributed by atoms with Gasteiger partial charge in [0.2, 0.25) is 0 Å². The van der Waals surface area contributed by atoms with E-state index in [9.17, 15) is 4.79 Å². The lowest BCUT2D eigenvalue weighted by Gasteiger charge is -2.08. The minimum Gasteiger partial charge on any atom is -0.508 e. The Morgan fingerprint density at radius 3 is 2.57 bits per heavy atom. The Morgan fingerprint density at radius 2 is 2.07 bits per heavy atom. The van der Waals surface area contributed by atoms with Gasteiger partial charge in [-0.25, -0.2) is 4.79 Å². The Labute approximate surface area is 81.6 Å². The van der Waals surface area contributed by atoms with Gasteiger partial charge in [0.25, 0.3) is 0 Å². The summed E-state index contributed by atoms with van der Waals surface area (Å²) < 4.78 is 4.53. The zero-order valence-electron chi connectivity index (χ0n) is 7.51. The average Bonchev–Trinajstić information content (AvgIpc) is 2.18. The smallest absolute Gasteiger partial charge is 0.332 e. The predicted molar refractivity (Wildman–Crippen MR) is 51.3 cm³/mol. The summed E-state index contributed by atoms with van der Waals surface area (Å²) in [6.07, 6.45) is 1.03. The molecule has 0 aliphatic heterocycles. The first-order valence-corrected chi connectivity index (χ1v) is 4.01. The summed E-state index contributed by atoms with van der Waals surface area (Å²) in [7, 11) is 0. The molecule has 14 heavy (non-hydrogen) atoms. The van der Waals surface area contributed by atoms with Crippen molar-refractivity contribution < 1.29 is 14.6 Å². The highest BCUT2D eigenvalue weighted by molar-refractivity contribution is 5.77. The van der Waals surface area contributed by atoms with Gasteiger partial charge in [-0.3, -0.25) is 0 Å². The Morgan fingerprint density at radius 1 is 1.50 bits per heavy atom. The molecule has 1 aromatic carbocycles. The molecule has 3 N–H and O–H groups in total. The highest BCUT2D eigenvalue weighted by Gasteiger charge is 2.15. The molecular weight excluding hydrogens is 182 g/mol. The fourth-order valence-corrected chi connectivity index (χ4v) is 0.973. The maximum Gasteiger partial charge on any atom is 0.332 e. The van der Waals surface area contributed by atoms with Crippen molar-refractivity contribution in [3.8, 4) is 5.75 Å². The van der Waals surface area contributed by atoms with Gasteiger partial charge in [0.15, 0.2) is 0 Å². The van der Waals surface area contributed by atoms with Crippen molar-refractivity contribution in [2.75, 3.05) is 0 Å². The standard InChI is InChI=1S/C10H11NO3/c1-2-14-10(13)9(11)7-3-5-8(12)6-4-7/h2-6,9,12H,1,11H2/t9-/m1/s1. The van der Waals surface area contributed by atoms with Crippen molar-refractivity contribution >= 4 is 5.97 Å². The molecule has 0 heterocycles. The molecule has 0 aromatic heterocycles. The number of hydrogen-bond acceptors (Lipinski definition) is 4. The molecule has 0 aliphatic rings. The van der Waals surface area contributed by atoms with Crippen LogP contribution < -0.4 is 5.73 Å². The van der Waals surface area contributed by atoms with Crippen LogP contribution in [0.1, 0.15) is 11.6 Å². The quantitative estimate of drug-likeness (QED) is 0.556. The second kappa shape index (κ2) is 4.43. The average molecular weight is 193 g/mol. The molecule has 0 unspecified atom stereocenters. The number of phenols is 1. The molecule has 0 amide bonds. The molecule has 0 saturated carbocycles. The highest BCUT2D eigenvalue weighted by Crippen LogP contribution is 2.15. The topological polar surface area (TPSA) is 72.5 Å². The van der Waals surface area contributed by atoms with Crippen molar-refractivity contribution in [2.45, 2.75) is 6.04 Å². The molecule has 0 spiro atoms. The first-order chi connectivity index (χ1) is 6.65. The van der Waals surface area contributed by atoms with Gasteiger partial charge in [-0.2, -0.15) is 0 Å². The van der Waals surface area contributed by atoms with Crippen molar-refractivity contribution in [3.05, 3.63) is 42.7 Å². The number of hydrogen-bond donors (Lipinski definition) is 2. The normalized spacial score (nSPS) is 11.8. The monoisotopic (exact) mass is 193 g/mol. The number of nitrogens with two attached hydrogens (primary N) is 1. The van der Waals surface area contributed by atoms with Gasteiger partial charge in [-0.1, -0.05) is 18.7 Å². The second-order valence-corrected chi connectivity index (χ2v) is 2.67. The zero-order valence-corrected chi connectivity index (χ0v) is 7.51. The van der Waals surface area contributed by atoms with Crippen molar-refractivity contribution in [3.63, 3.8) is 0 Å². The molecule has 0 fully saturated rings. The van der Waals surface area contributed by atoms with Crippen LogP contribution in [0.15, 0.2) is 37.1 Å². The van der Waals surface area contributed by atoms with Gasteiger partial charge < -0.3 is 15.6 Å². The molecular formula is C10H11NO3. The SMILES string of the molecule is C=COC(=O)[C@H](N)c1ccc(O)cc1. The van der Waals surface area contributed by atoms with Gasteiger partial charge >= 0.3 is 5.97 Å². The van der Waals surface area contributed by atoms with Crippen molar-refractivity contribution in [2.24, 2.45) is 5.73 Å². The molecule has 1 atom stereocenters. The lowest BCUT2D eigenvalue weighted by molar-refractivity contribution is -0.139. The summed E-state index contributed by atoms with van der Waals surface area (Å²) in [5.74, 6) is -0.455. The molecule has 74 valence electrons. The molecule has 4 heteroatoms. The van der Waals surface area contributed by atoms with Crippen molar-refractivity contribution in [1.29, 1.82) is 0 Å². The van der Waals surface area contributed by atoms with E-state index in [0.29, 0.717) is 5.56 Å². The molecule has 1 rings (SSSR count). The minimum absolute atomic E-state index is 0.123. The van der Waals surface area contributed by atoms with Gasteiger partial charge in [0.1, 0.15) is 11.8 Å². The largest absolute Gasteiger partial charge is 0.508 e. The van der Waals surface area contributed by atoms with E-state index in [1.165, 1.54) is 12.1 Å². The molecule has 4 nitrogen and oxygen atoms in total. The van der Waals surface area contributed by atoms with Crippen LogP contribution >= 0.6 is 0 Å². The van der Waals surface area contributed by atoms with Crippen LogP contribution in [-0.2, 0) is 9.53 Å². The van der Waals surface area contributed by atoms with E-state index < -0.39 is 12.0 Å². The zero-order chi connectivity index (χ0) is 10.6. The van der Waals surface area contributed by atoms with E-state index in [1.54, 1.807) is 12.1 Å². The maximum absolute atomic E-state index is 11.1. The Kier molecular flexibility index (Phi) is 3.25. The van der Waals surface area contributed by atoms with Crippen LogP contribution in [0, 0.1) is 0 Å². The van der Waals surface area contributed by atoms with E-state index in [-0.39, 0.29) is 5.75 Å². The van der Waals surface area contributed by atoms with Gasteiger partial charge in [-0.05, 0) is 17.7 Å². The minimum atomic E-state index is -0.853. The van der Waals surface area contributed by atoms with Crippen LogP contribution in [0.4, 0.5) is 0 Å². The van der Waals surface area contributed by atoms with Gasteiger partial charge in [0, 0.05) is 0 Å². The van der Waals surface area contributed by atoms with Gasteiger partial charge in [-0.15, -0.1) is 0 Å². The molecule has 0 aliphatic carbocycles. The van der Waals surface area contributed by atoms with E-state index >= 15 is 0 Å². The highest BCUT2D eigenvalue weighted by atomic mass is 16.5. The number of aromatic hydroxyl groups is 1. The second-order valence-electron chi connectivity index (χ2n) is 2.67. The summed E-state index contributed by atoms with van der Waals surface area (Å²) in [6, 6.07) is 5.18. The Balaban J connectivity index is 2.78. The van der Waals surface area contributed by atoms with Crippen LogP contribution in [0.3, 0.4) is 0 Å². The van der Waals surface area contributed by atoms with Crippen LogP contribution in [0.5, 0.6) is 5.75 Å². The number of rotatable bonds is 3. The lowest BCUT2D eigenvalue weighted by atomic mass is 10.1. The van der Waals surface area contributed by atoms with E-state index in [1.807, 2.05) is 0 Å². The first kappa shape index (κ1) is 10.3. The summed E-state index contributed by atoms with van der Waals surface area (Å²) in [6.45, 7) is 3.25. The number of ether oxygens (including phenoxy) is 1. The number of esters is 1. The molecule has 0 radical (unpaired) electrons. The van der Waals surface area contributed by atoms with Gasteiger partial charge in [0.05, 0.1) is 6.26 Å². The fraction of sp³-hybridized carbons (Fsp3) is 0.100.